The summed E-state index contributed by atoms with van der Waals surface area (Å²) in [6.07, 6.45) is 0.00645. The van der Waals surface area contributed by atoms with Crippen LogP contribution in [0.3, 0.4) is 0 Å². The molecule has 0 fully saturated rings. The van der Waals surface area contributed by atoms with E-state index in [0.29, 0.717) is 5.56 Å². The number of hydrogen-bond acceptors (Lipinski definition) is 2. The maximum Gasteiger partial charge on any atom is 0.320 e. The number of rotatable bonds is 5. The molecule has 0 heterocycles. The molecule has 1 unspecified atom stereocenters. The minimum absolute atomic E-state index is 0.00645. The lowest BCUT2D eigenvalue weighted by molar-refractivity contribution is -0.138. The van der Waals surface area contributed by atoms with E-state index < -0.39 is 25.4 Å². The summed E-state index contributed by atoms with van der Waals surface area (Å²) >= 11 is 5.75. The molecule has 0 aliphatic carbocycles. The van der Waals surface area contributed by atoms with Crippen LogP contribution in [0, 0.1) is 0 Å². The summed E-state index contributed by atoms with van der Waals surface area (Å²) in [6.45, 7) is -1.66. The summed E-state index contributed by atoms with van der Waals surface area (Å²) in [4.78, 5) is 10.6. The highest BCUT2D eigenvalue weighted by molar-refractivity contribution is 6.32. The Morgan fingerprint density at radius 1 is 1.35 bits per heavy atom. The molecular formula is C11H12ClF2NO2. The first-order valence-corrected chi connectivity index (χ1v) is 5.27. The molecule has 0 saturated heterocycles. The van der Waals surface area contributed by atoms with Gasteiger partial charge in [-0.2, -0.15) is 0 Å². The Morgan fingerprint density at radius 3 is 2.18 bits per heavy atom. The summed E-state index contributed by atoms with van der Waals surface area (Å²) in [5.41, 5.74) is 6.11. The zero-order chi connectivity index (χ0) is 13.0. The fraction of sp³-hybridized carbons (Fsp3) is 0.364. The predicted molar refractivity (Wildman–Crippen MR) is 60.4 cm³/mol. The molecule has 1 atom stereocenters. The lowest BCUT2D eigenvalue weighted by Gasteiger charge is -2.11. The van der Waals surface area contributed by atoms with E-state index in [1.807, 2.05) is 0 Å². The van der Waals surface area contributed by atoms with Crippen LogP contribution in [-0.2, 0) is 24.6 Å². The van der Waals surface area contributed by atoms with Gasteiger partial charge in [-0.05, 0) is 12.0 Å². The number of carboxylic acids is 1. The van der Waals surface area contributed by atoms with Gasteiger partial charge in [0.15, 0.2) is 0 Å². The first-order valence-electron chi connectivity index (χ1n) is 4.90. The van der Waals surface area contributed by atoms with Gasteiger partial charge >= 0.3 is 5.97 Å². The second kappa shape index (κ2) is 5.93. The molecule has 0 radical (unpaired) electrons. The molecule has 17 heavy (non-hydrogen) atoms. The Bertz CT molecular complexity index is 401. The maximum atomic E-state index is 12.6. The van der Waals surface area contributed by atoms with Crippen molar-refractivity contribution in [1.29, 1.82) is 0 Å². The molecule has 0 spiro atoms. The first kappa shape index (κ1) is 13.9. The third-order valence-electron chi connectivity index (χ3n) is 2.34. The molecule has 0 aromatic heterocycles. The standard InChI is InChI=1S/C11H12ClF2NO2/c12-10-7(4-13)1-6(2-8(10)5-14)3-9(15)11(16)17/h1-2,9H,3-5,15H2,(H,16,17). The van der Waals surface area contributed by atoms with Crippen molar-refractivity contribution in [3.8, 4) is 0 Å². The lowest BCUT2D eigenvalue weighted by Crippen LogP contribution is -2.32. The summed E-state index contributed by atoms with van der Waals surface area (Å²) in [5.74, 6) is -1.16. The Hall–Kier alpha value is -1.20. The molecule has 3 N–H and O–H groups in total. The number of halogens is 3. The fourth-order valence-corrected chi connectivity index (χ4v) is 1.69. The van der Waals surface area contributed by atoms with E-state index in [1.165, 1.54) is 12.1 Å². The smallest absolute Gasteiger partial charge is 0.320 e. The summed E-state index contributed by atoms with van der Waals surface area (Å²) in [5, 5.41) is 8.70. The van der Waals surface area contributed by atoms with Crippen LogP contribution in [0.5, 0.6) is 0 Å². The highest BCUT2D eigenvalue weighted by Crippen LogP contribution is 2.25. The van der Waals surface area contributed by atoms with Crippen molar-refractivity contribution < 1.29 is 18.7 Å². The molecule has 3 nitrogen and oxygen atoms in total. The second-order valence-corrected chi connectivity index (χ2v) is 4.02. The Labute approximate surface area is 102 Å². The van der Waals surface area contributed by atoms with Crippen molar-refractivity contribution >= 4 is 17.6 Å². The molecular weight excluding hydrogens is 252 g/mol. The molecule has 94 valence electrons. The van der Waals surface area contributed by atoms with Crippen LogP contribution < -0.4 is 5.73 Å². The van der Waals surface area contributed by atoms with Crippen molar-refractivity contribution in [2.24, 2.45) is 5.73 Å². The van der Waals surface area contributed by atoms with E-state index in [9.17, 15) is 13.6 Å². The second-order valence-electron chi connectivity index (χ2n) is 3.64. The van der Waals surface area contributed by atoms with Gasteiger partial charge in [-0.25, -0.2) is 8.78 Å². The predicted octanol–water partition coefficient (Wildman–Crippen LogP) is 2.23. The van der Waals surface area contributed by atoms with Gasteiger partial charge in [0, 0.05) is 11.1 Å². The monoisotopic (exact) mass is 263 g/mol. The van der Waals surface area contributed by atoms with Crippen LogP contribution in [0.2, 0.25) is 5.02 Å². The third kappa shape index (κ3) is 3.38. The van der Waals surface area contributed by atoms with E-state index in [0.717, 1.165) is 0 Å². The number of nitrogens with two attached hydrogens (primary N) is 1. The molecule has 0 amide bonds. The number of alkyl halides is 2. The minimum atomic E-state index is -1.16. The van der Waals surface area contributed by atoms with Crippen LogP contribution in [0.15, 0.2) is 12.1 Å². The van der Waals surface area contributed by atoms with Crippen LogP contribution in [0.4, 0.5) is 8.78 Å². The zero-order valence-corrected chi connectivity index (χ0v) is 9.68. The van der Waals surface area contributed by atoms with E-state index >= 15 is 0 Å². The van der Waals surface area contributed by atoms with Gasteiger partial charge < -0.3 is 10.8 Å². The number of hydrogen-bond donors (Lipinski definition) is 2. The number of carboxylic acid groups (broad SMARTS) is 1. The lowest BCUT2D eigenvalue weighted by atomic mass is 10.0. The van der Waals surface area contributed by atoms with E-state index in [4.69, 9.17) is 22.4 Å². The number of benzene rings is 1. The van der Waals surface area contributed by atoms with Crippen LogP contribution in [0.25, 0.3) is 0 Å². The first-order chi connectivity index (χ1) is 7.99. The third-order valence-corrected chi connectivity index (χ3v) is 2.83. The molecule has 0 aliphatic rings. The van der Waals surface area contributed by atoms with Gasteiger partial charge in [0.2, 0.25) is 0 Å². The fourth-order valence-electron chi connectivity index (χ4n) is 1.48. The van der Waals surface area contributed by atoms with Gasteiger partial charge in [0.1, 0.15) is 19.4 Å². The average Bonchev–Trinajstić information content (AvgIpc) is 2.30. The minimum Gasteiger partial charge on any atom is -0.480 e. The summed E-state index contributed by atoms with van der Waals surface area (Å²) in [7, 11) is 0. The molecule has 0 saturated carbocycles. The number of carbonyl (C=O) groups is 1. The van der Waals surface area contributed by atoms with Gasteiger partial charge in [-0.3, -0.25) is 4.79 Å². The van der Waals surface area contributed by atoms with E-state index in [-0.39, 0.29) is 22.6 Å². The normalized spacial score (nSPS) is 12.5. The van der Waals surface area contributed by atoms with Crippen LogP contribution in [-0.4, -0.2) is 17.1 Å². The largest absolute Gasteiger partial charge is 0.480 e. The highest BCUT2D eigenvalue weighted by Gasteiger charge is 2.15. The van der Waals surface area contributed by atoms with E-state index in [1.54, 1.807) is 0 Å². The molecule has 0 bridgehead atoms. The van der Waals surface area contributed by atoms with Crippen LogP contribution >= 0.6 is 11.6 Å². The molecule has 1 aromatic rings. The van der Waals surface area contributed by atoms with Gasteiger partial charge in [0.25, 0.3) is 0 Å². The van der Waals surface area contributed by atoms with Crippen molar-refractivity contribution in [3.63, 3.8) is 0 Å². The summed E-state index contributed by atoms with van der Waals surface area (Å²) in [6, 6.07) is 1.71. The van der Waals surface area contributed by atoms with Crippen molar-refractivity contribution in [2.75, 3.05) is 0 Å². The van der Waals surface area contributed by atoms with E-state index in [2.05, 4.69) is 0 Å². The van der Waals surface area contributed by atoms with Crippen molar-refractivity contribution in [2.45, 2.75) is 25.8 Å². The zero-order valence-electron chi connectivity index (χ0n) is 8.92. The van der Waals surface area contributed by atoms with Crippen molar-refractivity contribution in [1.82, 2.24) is 0 Å². The van der Waals surface area contributed by atoms with Crippen LogP contribution in [0.1, 0.15) is 16.7 Å². The quantitative estimate of drug-likeness (QED) is 0.856. The Kier molecular flexibility index (Phi) is 4.84. The molecule has 6 heteroatoms. The molecule has 1 aromatic carbocycles. The Morgan fingerprint density at radius 2 is 1.82 bits per heavy atom. The SMILES string of the molecule is NC(Cc1cc(CF)c(Cl)c(CF)c1)C(=O)O. The molecule has 0 aliphatic heterocycles. The maximum absolute atomic E-state index is 12.6. The topological polar surface area (TPSA) is 63.3 Å². The number of aliphatic carboxylic acids is 1. The Balaban J connectivity index is 3.05. The molecule has 1 rings (SSSR count). The van der Waals surface area contributed by atoms with Gasteiger partial charge in [-0.1, -0.05) is 23.7 Å². The average molecular weight is 264 g/mol. The summed E-state index contributed by atoms with van der Waals surface area (Å²) < 4.78 is 25.2. The van der Waals surface area contributed by atoms with Gasteiger partial charge in [0.05, 0.1) is 5.02 Å². The van der Waals surface area contributed by atoms with Crippen molar-refractivity contribution in [3.05, 3.63) is 33.8 Å². The highest BCUT2D eigenvalue weighted by atomic mass is 35.5. The van der Waals surface area contributed by atoms with Gasteiger partial charge in [-0.15, -0.1) is 0 Å².